The molecule has 9 heteroatoms. The molecule has 1 aromatic carbocycles. The minimum absolute atomic E-state index is 0.103. The van der Waals surface area contributed by atoms with Gasteiger partial charge in [-0.15, -0.1) is 11.3 Å². The molecule has 0 radical (unpaired) electrons. The number of amides is 1. The number of ether oxygens (including phenoxy) is 1. The topological polar surface area (TPSA) is 116 Å². The van der Waals surface area contributed by atoms with Gasteiger partial charge in [0.25, 0.3) is 5.91 Å². The van der Waals surface area contributed by atoms with Crippen LogP contribution in [0.5, 0.6) is 0 Å². The third-order valence-corrected chi connectivity index (χ3v) is 4.50. The first kappa shape index (κ1) is 17.1. The first-order valence-corrected chi connectivity index (χ1v) is 8.88. The Hall–Kier alpha value is -2.23. The maximum Gasteiger partial charge on any atom is 0.311 e. The number of sulfonamides is 1. The Balaban J connectivity index is 1.86. The summed E-state index contributed by atoms with van der Waals surface area (Å²) < 4.78 is 27.3. The van der Waals surface area contributed by atoms with Crippen molar-refractivity contribution in [2.75, 3.05) is 11.9 Å². The van der Waals surface area contributed by atoms with Gasteiger partial charge in [-0.25, -0.2) is 13.6 Å². The summed E-state index contributed by atoms with van der Waals surface area (Å²) in [7, 11) is -3.85. The van der Waals surface area contributed by atoms with Crippen LogP contribution in [0.15, 0.2) is 46.7 Å². The molecular weight excluding hydrogens is 340 g/mol. The molecule has 23 heavy (non-hydrogen) atoms. The molecule has 1 amide bonds. The smallest absolute Gasteiger partial charge is 0.311 e. The van der Waals surface area contributed by atoms with Crippen molar-refractivity contribution in [3.8, 4) is 0 Å². The van der Waals surface area contributed by atoms with E-state index in [2.05, 4.69) is 5.32 Å². The Morgan fingerprint density at radius 3 is 2.65 bits per heavy atom. The third kappa shape index (κ3) is 5.47. The second-order valence-corrected chi connectivity index (χ2v) is 7.13. The van der Waals surface area contributed by atoms with Gasteiger partial charge in [0.15, 0.2) is 6.61 Å². The van der Waals surface area contributed by atoms with Crippen molar-refractivity contribution in [1.82, 2.24) is 0 Å². The van der Waals surface area contributed by atoms with Crippen LogP contribution in [0.25, 0.3) is 0 Å². The van der Waals surface area contributed by atoms with Crippen LogP contribution in [-0.2, 0) is 30.8 Å². The molecule has 0 unspecified atom stereocenters. The molecule has 0 fully saturated rings. The standard InChI is InChI=1S/C14H14N2O5S2/c15-23(19,20)12-5-1-3-10(7-12)16-13(17)9-21-14(18)8-11-4-2-6-22-11/h1-7H,8-9H2,(H,16,17)(H2,15,19,20). The average molecular weight is 354 g/mol. The largest absolute Gasteiger partial charge is 0.455 e. The van der Waals surface area contributed by atoms with E-state index in [9.17, 15) is 18.0 Å². The van der Waals surface area contributed by atoms with E-state index in [1.165, 1.54) is 35.6 Å². The van der Waals surface area contributed by atoms with Crippen LogP contribution in [0.3, 0.4) is 0 Å². The number of carbonyl (C=O) groups is 2. The molecular formula is C14H14N2O5S2. The molecule has 7 nitrogen and oxygen atoms in total. The average Bonchev–Trinajstić information content (AvgIpc) is 2.97. The normalized spacial score (nSPS) is 11.0. The van der Waals surface area contributed by atoms with Crippen molar-refractivity contribution in [2.24, 2.45) is 5.14 Å². The lowest BCUT2D eigenvalue weighted by atomic mass is 10.3. The number of anilines is 1. The van der Waals surface area contributed by atoms with Crippen molar-refractivity contribution in [1.29, 1.82) is 0 Å². The van der Waals surface area contributed by atoms with Crippen molar-refractivity contribution >= 4 is 38.9 Å². The lowest BCUT2D eigenvalue weighted by molar-refractivity contribution is -0.146. The van der Waals surface area contributed by atoms with E-state index >= 15 is 0 Å². The molecule has 0 atom stereocenters. The lowest BCUT2D eigenvalue weighted by Crippen LogP contribution is -2.21. The first-order valence-electron chi connectivity index (χ1n) is 6.45. The quantitative estimate of drug-likeness (QED) is 0.754. The Labute approximate surface area is 137 Å². The van der Waals surface area contributed by atoms with Gasteiger partial charge in [-0.2, -0.15) is 0 Å². The monoisotopic (exact) mass is 354 g/mol. The van der Waals surface area contributed by atoms with Gasteiger partial charge in [0.1, 0.15) is 0 Å². The minimum atomic E-state index is -3.85. The highest BCUT2D eigenvalue weighted by Crippen LogP contribution is 2.14. The number of benzene rings is 1. The Morgan fingerprint density at radius 2 is 2.00 bits per heavy atom. The predicted octanol–water partition coefficient (Wildman–Crippen LogP) is 1.12. The van der Waals surface area contributed by atoms with Gasteiger partial charge < -0.3 is 10.1 Å². The number of esters is 1. The summed E-state index contributed by atoms with van der Waals surface area (Å²) in [5.74, 6) is -1.09. The predicted molar refractivity (Wildman–Crippen MR) is 85.4 cm³/mol. The van der Waals surface area contributed by atoms with E-state index in [-0.39, 0.29) is 17.0 Å². The molecule has 3 N–H and O–H groups in total. The van der Waals surface area contributed by atoms with Gasteiger partial charge in [-0.05, 0) is 29.6 Å². The zero-order valence-electron chi connectivity index (χ0n) is 11.9. The van der Waals surface area contributed by atoms with Crippen LogP contribution in [0.2, 0.25) is 0 Å². The lowest BCUT2D eigenvalue weighted by Gasteiger charge is -2.07. The van der Waals surface area contributed by atoms with Gasteiger partial charge in [0.2, 0.25) is 10.0 Å². The highest BCUT2D eigenvalue weighted by atomic mass is 32.2. The summed E-state index contributed by atoms with van der Waals surface area (Å²) in [6, 6.07) is 9.09. The Morgan fingerprint density at radius 1 is 1.22 bits per heavy atom. The molecule has 1 heterocycles. The first-order chi connectivity index (χ1) is 10.8. The van der Waals surface area contributed by atoms with E-state index in [1.54, 1.807) is 6.07 Å². The number of nitrogens with two attached hydrogens (primary N) is 1. The van der Waals surface area contributed by atoms with Crippen molar-refractivity contribution < 1.29 is 22.7 Å². The number of thiophene rings is 1. The maximum absolute atomic E-state index is 11.7. The van der Waals surface area contributed by atoms with Crippen LogP contribution in [-0.4, -0.2) is 26.9 Å². The SMILES string of the molecule is NS(=O)(=O)c1cccc(NC(=O)COC(=O)Cc2cccs2)c1. The van der Waals surface area contributed by atoms with Gasteiger partial charge in [0, 0.05) is 10.6 Å². The molecule has 2 aromatic rings. The fourth-order valence-corrected chi connectivity index (χ4v) is 2.95. The number of hydrogen-bond acceptors (Lipinski definition) is 6. The molecule has 0 bridgehead atoms. The number of carbonyl (C=O) groups excluding carboxylic acids is 2. The molecule has 0 aliphatic heterocycles. The van der Waals surface area contributed by atoms with E-state index in [0.29, 0.717) is 0 Å². The zero-order chi connectivity index (χ0) is 16.9. The molecule has 0 aliphatic rings. The number of hydrogen-bond donors (Lipinski definition) is 2. The van der Waals surface area contributed by atoms with E-state index in [0.717, 1.165) is 4.88 Å². The third-order valence-electron chi connectivity index (χ3n) is 2.71. The summed E-state index contributed by atoms with van der Waals surface area (Å²) in [6.07, 6.45) is 0.103. The summed E-state index contributed by atoms with van der Waals surface area (Å²) in [5.41, 5.74) is 0.246. The summed E-state index contributed by atoms with van der Waals surface area (Å²) >= 11 is 1.42. The molecule has 0 saturated heterocycles. The van der Waals surface area contributed by atoms with E-state index in [4.69, 9.17) is 9.88 Å². The maximum atomic E-state index is 11.7. The van der Waals surface area contributed by atoms with Gasteiger partial charge in [-0.1, -0.05) is 12.1 Å². The fourth-order valence-electron chi connectivity index (χ4n) is 1.70. The van der Waals surface area contributed by atoms with Gasteiger partial charge >= 0.3 is 5.97 Å². The molecule has 122 valence electrons. The second-order valence-electron chi connectivity index (χ2n) is 4.54. The number of primary sulfonamides is 1. The molecule has 2 rings (SSSR count). The highest BCUT2D eigenvalue weighted by Gasteiger charge is 2.11. The molecule has 0 spiro atoms. The highest BCUT2D eigenvalue weighted by molar-refractivity contribution is 7.89. The van der Waals surface area contributed by atoms with Crippen LogP contribution in [0.1, 0.15) is 4.88 Å². The number of nitrogens with one attached hydrogen (secondary N) is 1. The molecule has 0 aliphatic carbocycles. The second kappa shape index (κ2) is 7.36. The molecule has 1 aromatic heterocycles. The van der Waals surface area contributed by atoms with Gasteiger partial charge in [0.05, 0.1) is 11.3 Å². The summed E-state index contributed by atoms with van der Waals surface area (Å²) in [5, 5.41) is 9.29. The van der Waals surface area contributed by atoms with Crippen molar-refractivity contribution in [3.63, 3.8) is 0 Å². The van der Waals surface area contributed by atoms with Crippen LogP contribution < -0.4 is 10.5 Å². The van der Waals surface area contributed by atoms with Crippen molar-refractivity contribution in [2.45, 2.75) is 11.3 Å². The van der Waals surface area contributed by atoms with Crippen molar-refractivity contribution in [3.05, 3.63) is 46.7 Å². The summed E-state index contributed by atoms with van der Waals surface area (Å²) in [6.45, 7) is -0.455. The van der Waals surface area contributed by atoms with Crippen LogP contribution in [0.4, 0.5) is 5.69 Å². The Bertz CT molecular complexity index is 800. The summed E-state index contributed by atoms with van der Waals surface area (Å²) in [4.78, 5) is 24.0. The zero-order valence-corrected chi connectivity index (χ0v) is 13.5. The van der Waals surface area contributed by atoms with Crippen LogP contribution in [0, 0.1) is 0 Å². The van der Waals surface area contributed by atoms with E-state index in [1.807, 2.05) is 11.4 Å². The Kier molecular flexibility index (Phi) is 5.48. The van der Waals surface area contributed by atoms with Crippen LogP contribution >= 0.6 is 11.3 Å². The van der Waals surface area contributed by atoms with E-state index < -0.39 is 28.5 Å². The van der Waals surface area contributed by atoms with Gasteiger partial charge in [-0.3, -0.25) is 9.59 Å². The number of rotatable bonds is 6. The minimum Gasteiger partial charge on any atom is -0.455 e. The molecule has 0 saturated carbocycles. The fraction of sp³-hybridized carbons (Fsp3) is 0.143.